The fourth-order valence-electron chi connectivity index (χ4n) is 2.39. The number of carbonyl (C=O) groups excluding carboxylic acids is 1. The number of carbonyl (C=O) groups is 2. The van der Waals surface area contributed by atoms with E-state index in [1.165, 1.54) is 29.1 Å². The van der Waals surface area contributed by atoms with E-state index in [-0.39, 0.29) is 24.6 Å². The number of aliphatic carboxylic acids is 1. The summed E-state index contributed by atoms with van der Waals surface area (Å²) in [6, 6.07) is 4.50. The zero-order chi connectivity index (χ0) is 19.1. The van der Waals surface area contributed by atoms with Crippen molar-refractivity contribution in [2.45, 2.75) is 19.4 Å². The van der Waals surface area contributed by atoms with E-state index in [9.17, 15) is 19.1 Å². The van der Waals surface area contributed by atoms with Crippen LogP contribution in [0.3, 0.4) is 0 Å². The van der Waals surface area contributed by atoms with Gasteiger partial charge in [-0.25, -0.2) is 13.9 Å². The standard InChI is InChI=1S/C18H20FN3O4/c1-3-9-26-11-15(18(24)25)21-17(23)14-10-20-22(16(14)4-2)13-7-5-12(19)6-8-13/h3,5-8,10,15H,1,4,9,11H2,2H3,(H,21,23)(H,24,25). The highest BCUT2D eigenvalue weighted by atomic mass is 19.1. The summed E-state index contributed by atoms with van der Waals surface area (Å²) in [5.74, 6) is -2.14. The van der Waals surface area contributed by atoms with Gasteiger partial charge < -0.3 is 15.2 Å². The van der Waals surface area contributed by atoms with Gasteiger partial charge in [0.15, 0.2) is 6.04 Å². The smallest absolute Gasteiger partial charge is 0.328 e. The molecular formula is C18H20FN3O4. The molecule has 8 heteroatoms. The van der Waals surface area contributed by atoms with Gasteiger partial charge in [-0.15, -0.1) is 6.58 Å². The third kappa shape index (κ3) is 4.54. The van der Waals surface area contributed by atoms with Gasteiger partial charge >= 0.3 is 5.97 Å². The van der Waals surface area contributed by atoms with Crippen LogP contribution in [0.4, 0.5) is 4.39 Å². The second kappa shape index (κ2) is 8.91. The number of carboxylic acid groups (broad SMARTS) is 1. The number of ether oxygens (including phenoxy) is 1. The van der Waals surface area contributed by atoms with E-state index in [0.29, 0.717) is 17.8 Å². The number of aromatic nitrogens is 2. The summed E-state index contributed by atoms with van der Waals surface area (Å²) in [5, 5.41) is 15.8. The van der Waals surface area contributed by atoms with Crippen molar-refractivity contribution in [1.29, 1.82) is 0 Å². The van der Waals surface area contributed by atoms with Crippen LogP contribution in [-0.4, -0.2) is 46.0 Å². The van der Waals surface area contributed by atoms with Crippen molar-refractivity contribution in [1.82, 2.24) is 15.1 Å². The topological polar surface area (TPSA) is 93.5 Å². The van der Waals surface area contributed by atoms with Crippen LogP contribution in [0.1, 0.15) is 23.0 Å². The number of hydrogen-bond donors (Lipinski definition) is 2. The van der Waals surface area contributed by atoms with Gasteiger partial charge in [0.05, 0.1) is 36.4 Å². The Balaban J connectivity index is 2.21. The lowest BCUT2D eigenvalue weighted by Crippen LogP contribution is -2.44. The van der Waals surface area contributed by atoms with Gasteiger partial charge in [-0.1, -0.05) is 13.0 Å². The number of benzene rings is 1. The Morgan fingerprint density at radius 2 is 2.12 bits per heavy atom. The molecule has 0 saturated carbocycles. The molecule has 0 spiro atoms. The third-order valence-electron chi connectivity index (χ3n) is 3.64. The van der Waals surface area contributed by atoms with Crippen molar-refractivity contribution in [3.05, 3.63) is 60.2 Å². The number of nitrogens with zero attached hydrogens (tertiary/aromatic N) is 2. The first kappa shape index (κ1) is 19.3. The average molecular weight is 361 g/mol. The zero-order valence-electron chi connectivity index (χ0n) is 14.3. The molecule has 0 radical (unpaired) electrons. The summed E-state index contributed by atoms with van der Waals surface area (Å²) in [7, 11) is 0. The fraction of sp³-hybridized carbons (Fsp3) is 0.278. The SMILES string of the molecule is C=CCOCC(NC(=O)c1cnn(-c2ccc(F)cc2)c1CC)C(=O)O. The minimum absolute atomic E-state index is 0.180. The van der Waals surface area contributed by atoms with Gasteiger partial charge in [0.1, 0.15) is 5.82 Å². The summed E-state index contributed by atoms with van der Waals surface area (Å²) in [4.78, 5) is 23.8. The Kier molecular flexibility index (Phi) is 6.62. The van der Waals surface area contributed by atoms with Gasteiger partial charge in [0, 0.05) is 0 Å². The maximum atomic E-state index is 13.1. The lowest BCUT2D eigenvalue weighted by atomic mass is 10.1. The van der Waals surface area contributed by atoms with Crippen molar-refractivity contribution in [2.24, 2.45) is 0 Å². The molecule has 0 aliphatic heterocycles. The average Bonchev–Trinajstić information content (AvgIpc) is 3.05. The Morgan fingerprint density at radius 1 is 1.42 bits per heavy atom. The summed E-state index contributed by atoms with van der Waals surface area (Å²) < 4.78 is 19.7. The molecule has 0 fully saturated rings. The minimum Gasteiger partial charge on any atom is -0.480 e. The van der Waals surface area contributed by atoms with Crippen LogP contribution in [-0.2, 0) is 16.0 Å². The summed E-state index contributed by atoms with van der Waals surface area (Å²) in [6.45, 7) is 5.32. The van der Waals surface area contributed by atoms with Crippen LogP contribution in [0.15, 0.2) is 43.1 Å². The lowest BCUT2D eigenvalue weighted by molar-refractivity contribution is -0.140. The first-order valence-corrected chi connectivity index (χ1v) is 8.03. The number of amides is 1. The van der Waals surface area contributed by atoms with E-state index in [0.717, 1.165) is 0 Å². The first-order chi connectivity index (χ1) is 12.5. The monoisotopic (exact) mass is 361 g/mol. The van der Waals surface area contributed by atoms with Crippen LogP contribution in [0, 0.1) is 5.82 Å². The second-order valence-corrected chi connectivity index (χ2v) is 5.44. The minimum atomic E-state index is -1.20. The fourth-order valence-corrected chi connectivity index (χ4v) is 2.39. The third-order valence-corrected chi connectivity index (χ3v) is 3.64. The molecule has 7 nitrogen and oxygen atoms in total. The van der Waals surface area contributed by atoms with E-state index >= 15 is 0 Å². The Hall–Kier alpha value is -3.00. The van der Waals surface area contributed by atoms with Gasteiger partial charge in [-0.05, 0) is 30.7 Å². The van der Waals surface area contributed by atoms with Crippen LogP contribution in [0.5, 0.6) is 0 Å². The largest absolute Gasteiger partial charge is 0.480 e. The predicted molar refractivity (Wildman–Crippen MR) is 92.8 cm³/mol. The molecule has 0 aliphatic rings. The molecule has 1 aromatic heterocycles. The van der Waals surface area contributed by atoms with Crippen molar-refractivity contribution in [2.75, 3.05) is 13.2 Å². The van der Waals surface area contributed by atoms with Gasteiger partial charge in [-0.3, -0.25) is 4.79 Å². The van der Waals surface area contributed by atoms with Crippen LogP contribution < -0.4 is 5.32 Å². The van der Waals surface area contributed by atoms with E-state index in [2.05, 4.69) is 17.0 Å². The number of rotatable bonds is 9. The molecule has 2 rings (SSSR count). The molecule has 0 bridgehead atoms. The summed E-state index contributed by atoms with van der Waals surface area (Å²) in [6.07, 6.45) is 3.33. The van der Waals surface area contributed by atoms with Crippen molar-refractivity contribution in [3.8, 4) is 5.69 Å². The van der Waals surface area contributed by atoms with Crippen molar-refractivity contribution < 1.29 is 23.8 Å². The van der Waals surface area contributed by atoms with Gasteiger partial charge in [-0.2, -0.15) is 5.10 Å². The Bertz CT molecular complexity index is 786. The highest BCUT2D eigenvalue weighted by Crippen LogP contribution is 2.16. The molecule has 1 unspecified atom stereocenters. The molecule has 1 heterocycles. The summed E-state index contributed by atoms with van der Waals surface area (Å²) >= 11 is 0. The lowest BCUT2D eigenvalue weighted by Gasteiger charge is -2.14. The highest BCUT2D eigenvalue weighted by molar-refractivity contribution is 5.97. The van der Waals surface area contributed by atoms with E-state index in [4.69, 9.17) is 4.74 Å². The number of carboxylic acids is 1. The molecule has 2 N–H and O–H groups in total. The number of halogens is 1. The quantitative estimate of drug-likeness (QED) is 0.526. The van der Waals surface area contributed by atoms with Crippen molar-refractivity contribution >= 4 is 11.9 Å². The van der Waals surface area contributed by atoms with Crippen molar-refractivity contribution in [3.63, 3.8) is 0 Å². The molecule has 0 aliphatic carbocycles. The first-order valence-electron chi connectivity index (χ1n) is 8.03. The van der Waals surface area contributed by atoms with Crippen LogP contribution >= 0.6 is 0 Å². The molecule has 1 atom stereocenters. The maximum Gasteiger partial charge on any atom is 0.328 e. The van der Waals surface area contributed by atoms with E-state index in [1.807, 2.05) is 6.92 Å². The number of hydrogen-bond acceptors (Lipinski definition) is 4. The molecule has 0 saturated heterocycles. The predicted octanol–water partition coefficient (Wildman–Crippen LogP) is 1.96. The van der Waals surface area contributed by atoms with E-state index < -0.39 is 17.9 Å². The Labute approximate surface area is 150 Å². The number of nitrogens with one attached hydrogen (secondary N) is 1. The second-order valence-electron chi connectivity index (χ2n) is 5.44. The molecular weight excluding hydrogens is 341 g/mol. The van der Waals surface area contributed by atoms with Crippen LogP contribution in [0.2, 0.25) is 0 Å². The maximum absolute atomic E-state index is 13.1. The zero-order valence-corrected chi connectivity index (χ0v) is 14.3. The Morgan fingerprint density at radius 3 is 2.69 bits per heavy atom. The van der Waals surface area contributed by atoms with Gasteiger partial charge in [0.2, 0.25) is 0 Å². The van der Waals surface area contributed by atoms with Crippen LogP contribution in [0.25, 0.3) is 5.69 Å². The van der Waals surface area contributed by atoms with E-state index in [1.54, 1.807) is 12.1 Å². The normalized spacial score (nSPS) is 11.8. The molecule has 26 heavy (non-hydrogen) atoms. The molecule has 2 aromatic rings. The molecule has 1 amide bonds. The summed E-state index contributed by atoms with van der Waals surface area (Å²) in [5.41, 5.74) is 1.45. The highest BCUT2D eigenvalue weighted by Gasteiger charge is 2.24. The molecule has 138 valence electrons. The van der Waals surface area contributed by atoms with Gasteiger partial charge in [0.25, 0.3) is 5.91 Å². The molecule has 1 aromatic carbocycles.